The second-order valence-corrected chi connectivity index (χ2v) is 8.49. The fourth-order valence-electron chi connectivity index (χ4n) is 5.07. The van der Waals surface area contributed by atoms with Gasteiger partial charge in [-0.25, -0.2) is 0 Å². The van der Waals surface area contributed by atoms with Gasteiger partial charge in [-0.15, -0.1) is 0 Å². The summed E-state index contributed by atoms with van der Waals surface area (Å²) in [6.45, 7) is 7.31. The minimum Gasteiger partial charge on any atom is -0.619 e. The van der Waals surface area contributed by atoms with Gasteiger partial charge in [-0.1, -0.05) is 11.6 Å². The van der Waals surface area contributed by atoms with Crippen molar-refractivity contribution in [2.45, 2.75) is 45.6 Å². The summed E-state index contributed by atoms with van der Waals surface area (Å²) in [5.74, 6) is 0.362. The molecule has 0 radical (unpaired) electrons. The van der Waals surface area contributed by atoms with E-state index in [1.807, 2.05) is 13.0 Å². The topological polar surface area (TPSA) is 35.1 Å². The van der Waals surface area contributed by atoms with Crippen LogP contribution in [0.4, 0.5) is 0 Å². The molecule has 0 amide bonds. The Hall–Kier alpha value is -2.33. The molecule has 0 saturated carbocycles. The van der Waals surface area contributed by atoms with Crippen LogP contribution in [0, 0.1) is 19.1 Å². The SMILES string of the molecule is Cc1cc2c3c(c1)c1c(n3CC(c3ccc(C)[n+]([O-])c3)C2)CCN(C)CC1. The summed E-state index contributed by atoms with van der Waals surface area (Å²) in [4.78, 5) is 2.44. The molecule has 0 fully saturated rings. The van der Waals surface area contributed by atoms with Gasteiger partial charge in [0.25, 0.3) is 0 Å². The van der Waals surface area contributed by atoms with Crippen LogP contribution in [0.1, 0.15) is 39.6 Å². The maximum absolute atomic E-state index is 12.1. The number of nitrogens with zero attached hydrogens (tertiary/aromatic N) is 3. The number of fused-ring (bicyclic) bond motifs is 3. The molecule has 5 rings (SSSR count). The van der Waals surface area contributed by atoms with Crippen molar-refractivity contribution in [1.29, 1.82) is 0 Å². The van der Waals surface area contributed by atoms with Crippen molar-refractivity contribution >= 4 is 10.9 Å². The molecule has 0 bridgehead atoms. The van der Waals surface area contributed by atoms with E-state index in [4.69, 9.17) is 0 Å². The van der Waals surface area contributed by atoms with Crippen molar-refractivity contribution in [2.24, 2.45) is 0 Å². The Kier molecular flexibility index (Phi) is 3.80. The molecule has 140 valence electrons. The summed E-state index contributed by atoms with van der Waals surface area (Å²) in [5, 5.41) is 13.6. The second-order valence-electron chi connectivity index (χ2n) is 8.49. The summed E-state index contributed by atoms with van der Waals surface area (Å²) in [6, 6.07) is 8.84. The zero-order valence-electron chi connectivity index (χ0n) is 16.5. The summed E-state index contributed by atoms with van der Waals surface area (Å²) < 4.78 is 3.60. The van der Waals surface area contributed by atoms with Crippen LogP contribution >= 0.6 is 0 Å². The quantitative estimate of drug-likeness (QED) is 0.493. The van der Waals surface area contributed by atoms with Gasteiger partial charge < -0.3 is 14.7 Å². The van der Waals surface area contributed by atoms with Crippen molar-refractivity contribution < 1.29 is 4.73 Å². The van der Waals surface area contributed by atoms with Crippen LogP contribution in [0.25, 0.3) is 10.9 Å². The van der Waals surface area contributed by atoms with E-state index in [0.29, 0.717) is 5.92 Å². The number of aromatic nitrogens is 2. The van der Waals surface area contributed by atoms with Crippen LogP contribution in [0.5, 0.6) is 0 Å². The number of aryl methyl sites for hydroxylation is 2. The van der Waals surface area contributed by atoms with Gasteiger partial charge in [-0.2, -0.15) is 4.73 Å². The van der Waals surface area contributed by atoms with Gasteiger partial charge in [0.2, 0.25) is 0 Å². The number of hydrogen-bond acceptors (Lipinski definition) is 2. The lowest BCUT2D eigenvalue weighted by Gasteiger charge is -2.27. The third-order valence-electron chi connectivity index (χ3n) is 6.55. The summed E-state index contributed by atoms with van der Waals surface area (Å²) >= 11 is 0. The first-order valence-corrected chi connectivity index (χ1v) is 10.0. The van der Waals surface area contributed by atoms with E-state index in [1.54, 1.807) is 11.8 Å². The normalized spacial score (nSPS) is 19.9. The van der Waals surface area contributed by atoms with Gasteiger partial charge in [-0.3, -0.25) is 0 Å². The molecule has 4 heterocycles. The summed E-state index contributed by atoms with van der Waals surface area (Å²) in [5.41, 5.74) is 9.23. The minimum absolute atomic E-state index is 0.362. The van der Waals surface area contributed by atoms with Crippen LogP contribution in [0.2, 0.25) is 0 Å². The molecule has 0 saturated heterocycles. The predicted molar refractivity (Wildman–Crippen MR) is 108 cm³/mol. The van der Waals surface area contributed by atoms with Crippen LogP contribution in [0.15, 0.2) is 30.5 Å². The van der Waals surface area contributed by atoms with E-state index in [0.717, 1.165) is 54.9 Å². The van der Waals surface area contributed by atoms with Crippen molar-refractivity contribution in [3.8, 4) is 0 Å². The first kappa shape index (κ1) is 16.8. The third kappa shape index (κ3) is 2.66. The van der Waals surface area contributed by atoms with Gasteiger partial charge >= 0.3 is 0 Å². The molecular weight excluding hydrogens is 334 g/mol. The van der Waals surface area contributed by atoms with Crippen molar-refractivity contribution in [3.05, 3.63) is 69.3 Å². The fourth-order valence-corrected chi connectivity index (χ4v) is 5.07. The monoisotopic (exact) mass is 361 g/mol. The van der Waals surface area contributed by atoms with E-state index in [2.05, 4.69) is 41.6 Å². The number of likely N-dealkylation sites (N-methyl/N-ethyl adjacent to an activating group) is 1. The van der Waals surface area contributed by atoms with Gasteiger partial charge in [-0.05, 0) is 50.1 Å². The maximum Gasteiger partial charge on any atom is 0.189 e. The van der Waals surface area contributed by atoms with Gasteiger partial charge in [0.15, 0.2) is 11.9 Å². The zero-order valence-corrected chi connectivity index (χ0v) is 16.5. The minimum atomic E-state index is 0.362. The molecule has 2 aromatic heterocycles. The van der Waals surface area contributed by atoms with Gasteiger partial charge in [0.05, 0.1) is 5.52 Å². The van der Waals surface area contributed by atoms with Crippen LogP contribution in [-0.2, 0) is 25.8 Å². The Labute approximate surface area is 160 Å². The largest absolute Gasteiger partial charge is 0.619 e. The predicted octanol–water partition coefficient (Wildman–Crippen LogP) is 3.26. The van der Waals surface area contributed by atoms with Crippen LogP contribution in [-0.4, -0.2) is 29.6 Å². The van der Waals surface area contributed by atoms with Crippen molar-refractivity contribution in [2.75, 3.05) is 20.1 Å². The van der Waals surface area contributed by atoms with Crippen molar-refractivity contribution in [3.63, 3.8) is 0 Å². The van der Waals surface area contributed by atoms with Gasteiger partial charge in [0, 0.05) is 61.6 Å². The first-order valence-electron chi connectivity index (χ1n) is 10.0. The van der Waals surface area contributed by atoms with Gasteiger partial charge in [0.1, 0.15) is 0 Å². The highest BCUT2D eigenvalue weighted by molar-refractivity contribution is 5.90. The lowest BCUT2D eigenvalue weighted by atomic mass is 9.88. The highest BCUT2D eigenvalue weighted by atomic mass is 16.5. The first-order chi connectivity index (χ1) is 13.0. The number of benzene rings is 1. The maximum atomic E-state index is 12.1. The lowest BCUT2D eigenvalue weighted by molar-refractivity contribution is -0.612. The molecule has 1 aromatic carbocycles. The highest BCUT2D eigenvalue weighted by Gasteiger charge is 2.29. The molecular formula is C23H27N3O. The fraction of sp³-hybridized carbons (Fsp3) is 0.435. The van der Waals surface area contributed by atoms with Crippen LogP contribution < -0.4 is 4.73 Å². The molecule has 2 aliphatic rings. The van der Waals surface area contributed by atoms with E-state index < -0.39 is 0 Å². The Bertz CT molecular complexity index is 1050. The molecule has 2 aliphatic heterocycles. The Morgan fingerprint density at radius 3 is 2.74 bits per heavy atom. The smallest absolute Gasteiger partial charge is 0.189 e. The molecule has 1 unspecified atom stereocenters. The standard InChI is InChI=1S/C23H27N3O/c1-15-10-18-12-19(17-5-4-16(2)26(27)14-17)13-25-22-7-9-24(3)8-6-20(22)21(11-15)23(18)25/h4-5,10-11,14,19H,6-9,12-13H2,1-3H3. The Morgan fingerprint density at radius 2 is 1.93 bits per heavy atom. The lowest BCUT2D eigenvalue weighted by Crippen LogP contribution is -2.31. The number of rotatable bonds is 1. The molecule has 27 heavy (non-hydrogen) atoms. The Morgan fingerprint density at radius 1 is 1.11 bits per heavy atom. The average molecular weight is 361 g/mol. The summed E-state index contributed by atoms with van der Waals surface area (Å²) in [7, 11) is 2.23. The number of pyridine rings is 1. The number of hydrogen-bond donors (Lipinski definition) is 0. The molecule has 0 aliphatic carbocycles. The molecule has 1 atom stereocenters. The summed E-state index contributed by atoms with van der Waals surface area (Å²) in [6.07, 6.45) is 5.05. The van der Waals surface area contributed by atoms with E-state index in [9.17, 15) is 5.21 Å². The van der Waals surface area contributed by atoms with E-state index >= 15 is 0 Å². The molecule has 4 nitrogen and oxygen atoms in total. The molecule has 0 spiro atoms. The second kappa shape index (κ2) is 6.10. The van der Waals surface area contributed by atoms with Crippen LogP contribution in [0.3, 0.4) is 0 Å². The van der Waals surface area contributed by atoms with E-state index in [1.165, 1.54) is 27.7 Å². The Balaban J connectivity index is 1.66. The zero-order chi connectivity index (χ0) is 18.7. The van der Waals surface area contributed by atoms with Crippen molar-refractivity contribution in [1.82, 2.24) is 9.47 Å². The molecule has 4 heteroatoms. The molecule has 0 N–H and O–H groups in total. The third-order valence-corrected chi connectivity index (χ3v) is 6.55. The molecule has 3 aromatic rings. The highest BCUT2D eigenvalue weighted by Crippen LogP contribution is 2.39. The average Bonchev–Trinajstić information content (AvgIpc) is 2.79. The van der Waals surface area contributed by atoms with E-state index in [-0.39, 0.29) is 0 Å².